The maximum absolute atomic E-state index is 12.1. The Morgan fingerprint density at radius 3 is 2.70 bits per heavy atom. The molecule has 9 heteroatoms. The molecular formula is C18H17Cl2NO4S2. The second kappa shape index (κ2) is 10.7. The van der Waals surface area contributed by atoms with Gasteiger partial charge in [-0.1, -0.05) is 23.2 Å². The van der Waals surface area contributed by atoms with E-state index in [1.807, 2.05) is 6.07 Å². The fourth-order valence-electron chi connectivity index (χ4n) is 2.01. The van der Waals surface area contributed by atoms with Gasteiger partial charge in [-0.3, -0.25) is 14.4 Å². The normalized spacial score (nSPS) is 10.5. The van der Waals surface area contributed by atoms with E-state index >= 15 is 0 Å². The van der Waals surface area contributed by atoms with Crippen LogP contribution in [0.3, 0.4) is 0 Å². The molecule has 0 radical (unpaired) electrons. The van der Waals surface area contributed by atoms with Crippen molar-refractivity contribution in [3.05, 3.63) is 50.1 Å². The third kappa shape index (κ3) is 7.54. The van der Waals surface area contributed by atoms with Crippen LogP contribution in [0.15, 0.2) is 35.2 Å². The SMILES string of the molecule is CC(=O)NCCc1ccc(C(=O)COC(=O)CSc2cc(Cl)ccc2Cl)s1. The number of halogens is 2. The lowest BCUT2D eigenvalue weighted by molar-refractivity contribution is -0.139. The van der Waals surface area contributed by atoms with Crippen LogP contribution in [-0.2, 0) is 20.7 Å². The van der Waals surface area contributed by atoms with Crippen LogP contribution in [0, 0.1) is 0 Å². The van der Waals surface area contributed by atoms with Gasteiger partial charge in [-0.2, -0.15) is 0 Å². The van der Waals surface area contributed by atoms with Crippen molar-refractivity contribution in [3.8, 4) is 0 Å². The highest BCUT2D eigenvalue weighted by Gasteiger charge is 2.13. The van der Waals surface area contributed by atoms with Crippen molar-refractivity contribution in [3.63, 3.8) is 0 Å². The minimum Gasteiger partial charge on any atom is -0.457 e. The minimum atomic E-state index is -0.508. The number of nitrogens with one attached hydrogen (secondary N) is 1. The van der Waals surface area contributed by atoms with E-state index in [0.717, 1.165) is 4.88 Å². The summed E-state index contributed by atoms with van der Waals surface area (Å²) >= 11 is 14.5. The molecule has 0 fully saturated rings. The summed E-state index contributed by atoms with van der Waals surface area (Å²) in [4.78, 5) is 37.0. The summed E-state index contributed by atoms with van der Waals surface area (Å²) in [5.41, 5.74) is 0. The first-order valence-corrected chi connectivity index (χ1v) is 10.5. The van der Waals surface area contributed by atoms with Gasteiger partial charge in [0.1, 0.15) is 0 Å². The van der Waals surface area contributed by atoms with Gasteiger partial charge in [0, 0.05) is 28.3 Å². The van der Waals surface area contributed by atoms with Gasteiger partial charge in [-0.15, -0.1) is 23.1 Å². The molecule has 2 aromatic rings. The van der Waals surface area contributed by atoms with E-state index in [-0.39, 0.29) is 24.1 Å². The molecule has 0 aliphatic carbocycles. The van der Waals surface area contributed by atoms with Gasteiger partial charge in [0.05, 0.1) is 15.7 Å². The summed E-state index contributed by atoms with van der Waals surface area (Å²) in [6.07, 6.45) is 0.647. The second-order valence-corrected chi connectivity index (χ2v) is 8.48. The second-order valence-electron chi connectivity index (χ2n) is 5.45. The number of Topliss-reactive ketones (excluding diaryl/α,β-unsaturated/α-hetero) is 1. The number of carbonyl (C=O) groups excluding carboxylic acids is 3. The Morgan fingerprint density at radius 2 is 1.96 bits per heavy atom. The molecule has 144 valence electrons. The Hall–Kier alpha value is -1.54. The lowest BCUT2D eigenvalue weighted by Gasteiger charge is -2.05. The van der Waals surface area contributed by atoms with Gasteiger partial charge in [-0.05, 0) is 36.8 Å². The molecule has 1 aromatic heterocycles. The average Bonchev–Trinajstić information content (AvgIpc) is 3.09. The minimum absolute atomic E-state index is 0.0275. The van der Waals surface area contributed by atoms with Crippen LogP contribution in [0.1, 0.15) is 21.5 Å². The van der Waals surface area contributed by atoms with Crippen LogP contribution in [0.5, 0.6) is 0 Å². The fraction of sp³-hybridized carbons (Fsp3) is 0.278. The first-order chi connectivity index (χ1) is 12.8. The van der Waals surface area contributed by atoms with Crippen LogP contribution in [0.4, 0.5) is 0 Å². The molecule has 0 aliphatic heterocycles. The number of carbonyl (C=O) groups is 3. The summed E-state index contributed by atoms with van der Waals surface area (Å²) in [6.45, 7) is 1.66. The zero-order valence-corrected chi connectivity index (χ0v) is 17.6. The van der Waals surface area contributed by atoms with Crippen molar-refractivity contribution in [2.24, 2.45) is 0 Å². The molecule has 1 heterocycles. The summed E-state index contributed by atoms with van der Waals surface area (Å²) < 4.78 is 5.04. The molecule has 0 unspecified atom stereocenters. The molecule has 0 saturated heterocycles. The number of hydrogen-bond donors (Lipinski definition) is 1. The molecule has 1 amide bonds. The topological polar surface area (TPSA) is 72.5 Å². The molecule has 0 spiro atoms. The molecule has 0 atom stereocenters. The molecule has 0 aliphatic rings. The fourth-order valence-corrected chi connectivity index (χ4v) is 4.23. The summed E-state index contributed by atoms with van der Waals surface area (Å²) in [6, 6.07) is 8.52. The number of benzene rings is 1. The van der Waals surface area contributed by atoms with Crippen molar-refractivity contribution in [1.82, 2.24) is 5.32 Å². The summed E-state index contributed by atoms with van der Waals surface area (Å²) in [7, 11) is 0. The number of ketones is 1. The Balaban J connectivity index is 1.76. The largest absolute Gasteiger partial charge is 0.457 e. The smallest absolute Gasteiger partial charge is 0.316 e. The molecule has 0 saturated carbocycles. The lowest BCUT2D eigenvalue weighted by atomic mass is 10.3. The van der Waals surface area contributed by atoms with Gasteiger partial charge in [0.2, 0.25) is 11.7 Å². The third-order valence-corrected chi connectivity index (χ3v) is 6.18. The predicted octanol–water partition coefficient (Wildman–Crippen LogP) is 4.25. The van der Waals surface area contributed by atoms with Crippen molar-refractivity contribution in [2.75, 3.05) is 18.9 Å². The van der Waals surface area contributed by atoms with Crippen LogP contribution in [0.2, 0.25) is 10.0 Å². The Kier molecular flexibility index (Phi) is 8.63. The number of thiophene rings is 1. The zero-order chi connectivity index (χ0) is 19.8. The van der Waals surface area contributed by atoms with Gasteiger partial charge in [0.25, 0.3) is 0 Å². The number of rotatable bonds is 9. The van der Waals surface area contributed by atoms with Crippen molar-refractivity contribution < 1.29 is 19.1 Å². The van der Waals surface area contributed by atoms with Gasteiger partial charge >= 0.3 is 5.97 Å². The average molecular weight is 446 g/mol. The van der Waals surface area contributed by atoms with E-state index in [1.165, 1.54) is 30.0 Å². The van der Waals surface area contributed by atoms with E-state index in [1.54, 1.807) is 24.3 Å². The van der Waals surface area contributed by atoms with E-state index in [9.17, 15) is 14.4 Å². The van der Waals surface area contributed by atoms with E-state index in [2.05, 4.69) is 5.32 Å². The maximum atomic E-state index is 12.1. The van der Waals surface area contributed by atoms with Gasteiger partial charge in [0.15, 0.2) is 6.61 Å². The molecule has 1 aromatic carbocycles. The Bertz CT molecular complexity index is 839. The van der Waals surface area contributed by atoms with E-state index < -0.39 is 5.97 Å². The standard InChI is InChI=1S/C18H17Cl2NO4S2/c1-11(22)21-7-6-13-3-5-16(27-13)15(23)9-25-18(24)10-26-17-8-12(19)2-4-14(17)20/h2-5,8H,6-7,9-10H2,1H3,(H,21,22). The number of ether oxygens (including phenoxy) is 1. The summed E-state index contributed by atoms with van der Waals surface area (Å²) in [5, 5.41) is 3.73. The van der Waals surface area contributed by atoms with Crippen molar-refractivity contribution >= 4 is 64.0 Å². The maximum Gasteiger partial charge on any atom is 0.316 e. The predicted molar refractivity (Wildman–Crippen MR) is 109 cm³/mol. The molecule has 2 rings (SSSR count). The van der Waals surface area contributed by atoms with Gasteiger partial charge in [-0.25, -0.2) is 0 Å². The van der Waals surface area contributed by atoms with Crippen molar-refractivity contribution in [1.29, 1.82) is 0 Å². The highest BCUT2D eigenvalue weighted by molar-refractivity contribution is 8.00. The lowest BCUT2D eigenvalue weighted by Crippen LogP contribution is -2.22. The van der Waals surface area contributed by atoms with Crippen molar-refractivity contribution in [2.45, 2.75) is 18.2 Å². The van der Waals surface area contributed by atoms with E-state index in [0.29, 0.717) is 32.8 Å². The van der Waals surface area contributed by atoms with Crippen LogP contribution in [-0.4, -0.2) is 36.6 Å². The monoisotopic (exact) mass is 445 g/mol. The highest BCUT2D eigenvalue weighted by Crippen LogP contribution is 2.29. The van der Waals surface area contributed by atoms with Gasteiger partial charge < -0.3 is 10.1 Å². The summed E-state index contributed by atoms with van der Waals surface area (Å²) in [5.74, 6) is -0.830. The number of hydrogen-bond acceptors (Lipinski definition) is 6. The highest BCUT2D eigenvalue weighted by atomic mass is 35.5. The molecular weight excluding hydrogens is 429 g/mol. The number of amides is 1. The Labute approximate surface area is 175 Å². The first kappa shape index (κ1) is 21.8. The number of esters is 1. The molecule has 27 heavy (non-hydrogen) atoms. The number of thioether (sulfide) groups is 1. The quantitative estimate of drug-likeness (QED) is 0.354. The van der Waals surface area contributed by atoms with Crippen LogP contribution >= 0.6 is 46.3 Å². The molecule has 0 bridgehead atoms. The molecule has 5 nitrogen and oxygen atoms in total. The van der Waals surface area contributed by atoms with Crippen LogP contribution in [0.25, 0.3) is 0 Å². The molecule has 1 N–H and O–H groups in total. The van der Waals surface area contributed by atoms with E-state index in [4.69, 9.17) is 27.9 Å². The van der Waals surface area contributed by atoms with Crippen LogP contribution < -0.4 is 5.32 Å². The third-order valence-electron chi connectivity index (χ3n) is 3.28. The first-order valence-electron chi connectivity index (χ1n) is 7.95. The zero-order valence-electron chi connectivity index (χ0n) is 14.4. The Morgan fingerprint density at radius 1 is 1.19 bits per heavy atom.